The lowest BCUT2D eigenvalue weighted by Crippen LogP contribution is -2.35. The van der Waals surface area contributed by atoms with Crippen molar-refractivity contribution in [3.63, 3.8) is 0 Å². The van der Waals surface area contributed by atoms with Crippen molar-refractivity contribution in [2.24, 2.45) is 10.9 Å². The number of hydrogen-bond acceptors (Lipinski definition) is 7. The largest absolute Gasteiger partial charge is 0.485 e. The van der Waals surface area contributed by atoms with E-state index in [1.807, 2.05) is 0 Å². The maximum atomic E-state index is 14.3. The van der Waals surface area contributed by atoms with Gasteiger partial charge in [0.15, 0.2) is 11.7 Å². The van der Waals surface area contributed by atoms with Gasteiger partial charge in [-0.25, -0.2) is 13.5 Å². The van der Waals surface area contributed by atoms with E-state index in [0.717, 1.165) is 0 Å². The molecule has 0 amide bonds. The number of nitrogens with zero attached hydrogens (tertiary/aromatic N) is 5. The Balaban J connectivity index is 1.56. The molecular weight excluding hydrogens is 508 g/mol. The van der Waals surface area contributed by atoms with Crippen molar-refractivity contribution in [2.75, 3.05) is 19.8 Å². The molecule has 12 heteroatoms. The summed E-state index contributed by atoms with van der Waals surface area (Å²) in [4.78, 5) is 21.6. The van der Waals surface area contributed by atoms with Gasteiger partial charge in [-0.05, 0) is 19.9 Å². The molecule has 1 N–H and O–H groups in total. The molecule has 3 aromatic rings. The fourth-order valence-corrected chi connectivity index (χ4v) is 4.22. The molecule has 194 valence electrons. The predicted octanol–water partition coefficient (Wildman–Crippen LogP) is 3.17. The lowest BCUT2D eigenvalue weighted by atomic mass is 10.0. The minimum Gasteiger partial charge on any atom is -0.485 e. The first-order valence-electron chi connectivity index (χ1n) is 12.4. The van der Waals surface area contributed by atoms with Gasteiger partial charge in [-0.15, -0.1) is 0 Å². The Kier molecular flexibility index (Phi) is 6.03. The SMILES string of the molecule is [2H]C([2H])(Oc1cc2n(c(=O)c1Cl)C1=CC(n3ccc(C(C)(C)O)n3)=NC[C@@H]1COCC2)c1ncc(F)cc1F. The van der Waals surface area contributed by atoms with Crippen molar-refractivity contribution >= 4 is 23.1 Å². The molecular formula is C25H24ClF2N5O4. The highest BCUT2D eigenvalue weighted by Crippen LogP contribution is 2.30. The van der Waals surface area contributed by atoms with Crippen LogP contribution in [-0.4, -0.2) is 50.0 Å². The van der Waals surface area contributed by atoms with Gasteiger partial charge in [-0.2, -0.15) is 5.10 Å². The van der Waals surface area contributed by atoms with Gasteiger partial charge in [0.2, 0.25) is 0 Å². The lowest BCUT2D eigenvalue weighted by Gasteiger charge is -2.29. The summed E-state index contributed by atoms with van der Waals surface area (Å²) in [6.45, 7) is 1.22. The van der Waals surface area contributed by atoms with E-state index in [0.29, 0.717) is 48.3 Å². The summed E-state index contributed by atoms with van der Waals surface area (Å²) in [5.41, 5.74) is -1.23. The van der Waals surface area contributed by atoms with Gasteiger partial charge < -0.3 is 14.6 Å². The molecule has 1 atom stereocenters. The van der Waals surface area contributed by atoms with Gasteiger partial charge >= 0.3 is 0 Å². The van der Waals surface area contributed by atoms with Crippen molar-refractivity contribution in [1.82, 2.24) is 19.3 Å². The van der Waals surface area contributed by atoms with E-state index >= 15 is 0 Å². The molecule has 0 radical (unpaired) electrons. The third-order valence-electron chi connectivity index (χ3n) is 5.96. The molecule has 5 heterocycles. The Labute approximate surface area is 218 Å². The van der Waals surface area contributed by atoms with Crippen LogP contribution in [0.15, 0.2) is 46.5 Å². The number of halogens is 3. The zero-order chi connectivity index (χ0) is 28.1. The molecule has 0 saturated heterocycles. The molecule has 0 saturated carbocycles. The number of hydrogen-bond donors (Lipinski definition) is 1. The molecule has 0 aliphatic carbocycles. The molecule has 0 unspecified atom stereocenters. The fraction of sp³-hybridized carbons (Fsp3) is 0.360. The molecule has 0 fully saturated rings. The van der Waals surface area contributed by atoms with Gasteiger partial charge in [-0.1, -0.05) is 11.6 Å². The monoisotopic (exact) mass is 533 g/mol. The Morgan fingerprint density at radius 3 is 2.92 bits per heavy atom. The maximum Gasteiger partial charge on any atom is 0.277 e. The Morgan fingerprint density at radius 2 is 2.19 bits per heavy atom. The van der Waals surface area contributed by atoms with Gasteiger partial charge in [-0.3, -0.25) is 19.3 Å². The quantitative estimate of drug-likeness (QED) is 0.552. The average Bonchev–Trinajstić information content (AvgIpc) is 3.35. The molecule has 37 heavy (non-hydrogen) atoms. The summed E-state index contributed by atoms with van der Waals surface area (Å²) in [5, 5.41) is 14.2. The highest BCUT2D eigenvalue weighted by molar-refractivity contribution is 6.31. The number of pyridine rings is 2. The number of aromatic nitrogens is 4. The Morgan fingerprint density at radius 1 is 1.38 bits per heavy atom. The standard InChI is InChI=1S/C25H24ClF2N5O4/c1-25(2,35)21-3-5-32(31-21)22-9-19-14(10-30-22)12-36-6-4-16-8-20(23(26)24(34)33(16)19)37-13-18-17(28)7-15(27)11-29-18/h3,5,7-9,11,14,35H,4,6,10,12-13H2,1-2H3/t14-/m1/s1/i13D2. The van der Waals surface area contributed by atoms with Crippen molar-refractivity contribution in [3.05, 3.63) is 80.8 Å². The van der Waals surface area contributed by atoms with Gasteiger partial charge in [0.05, 0.1) is 34.4 Å². The maximum absolute atomic E-state index is 14.3. The first-order valence-corrected chi connectivity index (χ1v) is 11.8. The van der Waals surface area contributed by atoms with Crippen LogP contribution in [0.25, 0.3) is 5.70 Å². The summed E-state index contributed by atoms with van der Waals surface area (Å²) < 4.78 is 58.0. The summed E-state index contributed by atoms with van der Waals surface area (Å²) in [5.74, 6) is -2.41. The molecule has 2 aliphatic heterocycles. The highest BCUT2D eigenvalue weighted by atomic mass is 35.5. The smallest absolute Gasteiger partial charge is 0.277 e. The first kappa shape index (κ1) is 22.8. The number of ether oxygens (including phenoxy) is 2. The van der Waals surface area contributed by atoms with Crippen LogP contribution >= 0.6 is 11.6 Å². The first-order chi connectivity index (χ1) is 18.3. The van der Waals surface area contributed by atoms with Crippen LogP contribution in [0.3, 0.4) is 0 Å². The third kappa shape index (κ3) is 5.07. The Bertz CT molecular complexity index is 1560. The van der Waals surface area contributed by atoms with Crippen molar-refractivity contribution < 1.29 is 26.1 Å². The second kappa shape index (κ2) is 9.81. The molecule has 0 bridgehead atoms. The van der Waals surface area contributed by atoms with E-state index in [1.165, 1.54) is 15.3 Å². The summed E-state index contributed by atoms with van der Waals surface area (Å²) in [6, 6.07) is 3.54. The Hall–Kier alpha value is -3.41. The lowest BCUT2D eigenvalue weighted by molar-refractivity contribution is 0.0735. The third-order valence-corrected chi connectivity index (χ3v) is 6.30. The van der Waals surface area contributed by atoms with E-state index in [2.05, 4.69) is 15.1 Å². The van der Waals surface area contributed by atoms with E-state index < -0.39 is 40.1 Å². The van der Waals surface area contributed by atoms with E-state index in [1.54, 1.807) is 32.2 Å². The molecule has 3 aromatic heterocycles. The predicted molar refractivity (Wildman–Crippen MR) is 132 cm³/mol. The summed E-state index contributed by atoms with van der Waals surface area (Å²) in [7, 11) is 0. The second-order valence-corrected chi connectivity index (χ2v) is 9.52. The number of aliphatic imine (C=N–C) groups is 1. The minimum atomic E-state index is -2.87. The van der Waals surface area contributed by atoms with Crippen molar-refractivity contribution in [2.45, 2.75) is 32.4 Å². The van der Waals surface area contributed by atoms with Crippen molar-refractivity contribution in [3.8, 4) is 5.75 Å². The highest BCUT2D eigenvalue weighted by Gasteiger charge is 2.29. The zero-order valence-electron chi connectivity index (χ0n) is 21.9. The van der Waals surface area contributed by atoms with E-state index in [9.17, 15) is 18.7 Å². The van der Waals surface area contributed by atoms with Crippen LogP contribution < -0.4 is 10.3 Å². The zero-order valence-corrected chi connectivity index (χ0v) is 20.7. The van der Waals surface area contributed by atoms with E-state index in [4.69, 9.17) is 23.8 Å². The van der Waals surface area contributed by atoms with Crippen LogP contribution in [0.4, 0.5) is 8.78 Å². The normalized spacial score (nSPS) is 18.9. The minimum absolute atomic E-state index is 0.260. The number of allylic oxidation sites excluding steroid dienone is 1. The molecule has 2 aliphatic rings. The molecule has 5 rings (SSSR count). The van der Waals surface area contributed by atoms with Crippen LogP contribution in [0.1, 0.15) is 33.7 Å². The van der Waals surface area contributed by atoms with Gasteiger partial charge in [0, 0.05) is 48.1 Å². The van der Waals surface area contributed by atoms with Gasteiger partial charge in [0.1, 0.15) is 34.4 Å². The van der Waals surface area contributed by atoms with Gasteiger partial charge in [0.25, 0.3) is 5.56 Å². The van der Waals surface area contributed by atoms with Crippen molar-refractivity contribution in [1.29, 1.82) is 0 Å². The molecule has 0 spiro atoms. The van der Waals surface area contributed by atoms with Crippen LogP contribution in [-0.2, 0) is 23.3 Å². The van der Waals surface area contributed by atoms with Crippen LogP contribution in [0, 0.1) is 17.6 Å². The number of aliphatic hydroxyl groups is 1. The summed E-state index contributed by atoms with van der Waals surface area (Å²) >= 11 is 6.39. The van der Waals surface area contributed by atoms with Crippen LogP contribution in [0.2, 0.25) is 5.02 Å². The number of dihydropyridines is 1. The molecule has 9 nitrogen and oxygen atoms in total. The molecule has 0 aromatic carbocycles. The average molecular weight is 534 g/mol. The van der Waals surface area contributed by atoms with E-state index in [-0.39, 0.29) is 24.7 Å². The second-order valence-electron chi connectivity index (χ2n) is 9.14. The fourth-order valence-electron chi connectivity index (χ4n) is 4.04. The number of fused-ring (bicyclic) bond motifs is 3. The summed E-state index contributed by atoms with van der Waals surface area (Å²) in [6.07, 6.45) is 4.26. The van der Waals surface area contributed by atoms with Crippen LogP contribution in [0.5, 0.6) is 5.75 Å². The topological polar surface area (TPSA) is 104 Å². The number of rotatable bonds is 4.